The normalized spacial score (nSPS) is 14.4. The molecule has 1 atom stereocenters. The maximum Gasteiger partial charge on any atom is 0.323 e. The van der Waals surface area contributed by atoms with Crippen LogP contribution in [0.4, 0.5) is 0 Å². The number of carboxylic acid groups (broad SMARTS) is 1. The fourth-order valence-corrected chi connectivity index (χ4v) is 1.83. The minimum Gasteiger partial charge on any atom is -0.480 e. The van der Waals surface area contributed by atoms with Crippen LogP contribution in [0.15, 0.2) is 0 Å². The largest absolute Gasteiger partial charge is 0.480 e. The maximum atomic E-state index is 11.0. The average Bonchev–Trinajstić information content (AvgIpc) is 2.36. The Labute approximate surface area is 111 Å². The Bertz CT molecular complexity index is 221. The summed E-state index contributed by atoms with van der Waals surface area (Å²) < 4.78 is 5.49. The molecule has 0 rings (SSSR count). The molecule has 4 nitrogen and oxygen atoms in total. The molecule has 1 unspecified atom stereocenters. The second-order valence-corrected chi connectivity index (χ2v) is 4.94. The lowest BCUT2D eigenvalue weighted by atomic mass is 9.92. The van der Waals surface area contributed by atoms with Gasteiger partial charge in [-0.05, 0) is 25.7 Å². The lowest BCUT2D eigenvalue weighted by molar-refractivity contribution is -0.143. The van der Waals surface area contributed by atoms with Gasteiger partial charge in [-0.3, -0.25) is 4.79 Å². The molecular weight excluding hydrogens is 230 g/mol. The molecule has 0 fully saturated rings. The Morgan fingerprint density at radius 3 is 2.28 bits per heavy atom. The average molecular weight is 259 g/mol. The quantitative estimate of drug-likeness (QED) is 0.528. The number of hydrogen-bond donors (Lipinski definition) is 2. The van der Waals surface area contributed by atoms with Gasteiger partial charge < -0.3 is 15.6 Å². The van der Waals surface area contributed by atoms with Crippen molar-refractivity contribution in [2.45, 2.75) is 70.8 Å². The van der Waals surface area contributed by atoms with E-state index in [1.54, 1.807) is 0 Å². The van der Waals surface area contributed by atoms with Crippen molar-refractivity contribution < 1.29 is 14.6 Å². The van der Waals surface area contributed by atoms with Crippen molar-refractivity contribution in [3.05, 3.63) is 0 Å². The van der Waals surface area contributed by atoms with Crippen molar-refractivity contribution in [1.82, 2.24) is 0 Å². The molecule has 18 heavy (non-hydrogen) atoms. The highest BCUT2D eigenvalue weighted by atomic mass is 16.5. The number of aliphatic carboxylic acids is 1. The first-order valence-corrected chi connectivity index (χ1v) is 7.17. The summed E-state index contributed by atoms with van der Waals surface area (Å²) in [4.78, 5) is 11.0. The highest BCUT2D eigenvalue weighted by Crippen LogP contribution is 2.14. The molecule has 4 heteroatoms. The molecule has 0 heterocycles. The molecule has 0 aliphatic rings. The highest BCUT2D eigenvalue weighted by Gasteiger charge is 2.30. The summed E-state index contributed by atoms with van der Waals surface area (Å²) in [6, 6.07) is 0. The first-order valence-electron chi connectivity index (χ1n) is 7.17. The SMILES string of the molecule is CCCCCCCOCCCC(N)(CC)C(=O)O. The fraction of sp³-hybridized carbons (Fsp3) is 0.929. The molecule has 0 aliphatic heterocycles. The minimum absolute atomic E-state index is 0.458. The van der Waals surface area contributed by atoms with Gasteiger partial charge in [-0.2, -0.15) is 0 Å². The number of hydrogen-bond acceptors (Lipinski definition) is 3. The van der Waals surface area contributed by atoms with E-state index in [1.807, 2.05) is 6.92 Å². The molecule has 0 amide bonds. The first kappa shape index (κ1) is 17.4. The van der Waals surface area contributed by atoms with Gasteiger partial charge in [-0.25, -0.2) is 0 Å². The van der Waals surface area contributed by atoms with Crippen molar-refractivity contribution in [3.8, 4) is 0 Å². The standard InChI is InChI=1S/C14H29NO3/c1-3-5-6-7-8-11-18-12-9-10-14(15,4-2)13(16)17/h3-12,15H2,1-2H3,(H,16,17). The van der Waals surface area contributed by atoms with Crippen LogP contribution in [0.2, 0.25) is 0 Å². The van der Waals surface area contributed by atoms with Crippen LogP contribution in [-0.2, 0) is 9.53 Å². The van der Waals surface area contributed by atoms with Crippen LogP contribution < -0.4 is 5.73 Å². The van der Waals surface area contributed by atoms with E-state index in [2.05, 4.69) is 6.92 Å². The maximum absolute atomic E-state index is 11.0. The number of rotatable bonds is 12. The van der Waals surface area contributed by atoms with Crippen LogP contribution >= 0.6 is 0 Å². The topological polar surface area (TPSA) is 72.5 Å². The third-order valence-electron chi connectivity index (χ3n) is 3.36. The van der Waals surface area contributed by atoms with Crippen molar-refractivity contribution in [2.75, 3.05) is 13.2 Å². The smallest absolute Gasteiger partial charge is 0.323 e. The molecular formula is C14H29NO3. The molecule has 3 N–H and O–H groups in total. The summed E-state index contributed by atoms with van der Waals surface area (Å²) in [6.45, 7) is 5.40. The first-order chi connectivity index (χ1) is 8.56. The van der Waals surface area contributed by atoms with E-state index in [4.69, 9.17) is 15.6 Å². The summed E-state index contributed by atoms with van der Waals surface area (Å²) in [5.41, 5.74) is 4.70. The second kappa shape index (κ2) is 10.3. The van der Waals surface area contributed by atoms with E-state index in [0.717, 1.165) is 13.0 Å². The summed E-state index contributed by atoms with van der Waals surface area (Å²) in [7, 11) is 0. The zero-order chi connectivity index (χ0) is 13.9. The number of carboxylic acids is 1. The highest BCUT2D eigenvalue weighted by molar-refractivity contribution is 5.78. The van der Waals surface area contributed by atoms with E-state index < -0.39 is 11.5 Å². The van der Waals surface area contributed by atoms with Gasteiger partial charge in [0.15, 0.2) is 0 Å². The molecule has 0 aromatic carbocycles. The predicted octanol–water partition coefficient (Wildman–Crippen LogP) is 2.95. The summed E-state index contributed by atoms with van der Waals surface area (Å²) in [6.07, 6.45) is 7.80. The molecule has 108 valence electrons. The predicted molar refractivity (Wildman–Crippen MR) is 73.7 cm³/mol. The molecule has 0 spiro atoms. The molecule has 0 saturated carbocycles. The van der Waals surface area contributed by atoms with Crippen molar-refractivity contribution in [1.29, 1.82) is 0 Å². The van der Waals surface area contributed by atoms with Crippen molar-refractivity contribution in [2.24, 2.45) is 5.73 Å². The third kappa shape index (κ3) is 7.67. The zero-order valence-corrected chi connectivity index (χ0v) is 11.9. The summed E-state index contributed by atoms with van der Waals surface area (Å²) in [5.74, 6) is -0.912. The monoisotopic (exact) mass is 259 g/mol. The zero-order valence-electron chi connectivity index (χ0n) is 11.9. The number of ether oxygens (including phenoxy) is 1. The third-order valence-corrected chi connectivity index (χ3v) is 3.36. The van der Waals surface area contributed by atoms with E-state index in [-0.39, 0.29) is 0 Å². The molecule has 0 aromatic rings. The van der Waals surface area contributed by atoms with Gasteiger partial charge >= 0.3 is 5.97 Å². The minimum atomic E-state index is -1.08. The van der Waals surface area contributed by atoms with Gasteiger partial charge in [-0.15, -0.1) is 0 Å². The molecule has 0 radical (unpaired) electrons. The number of unbranched alkanes of at least 4 members (excludes halogenated alkanes) is 4. The van der Waals surface area contributed by atoms with Gasteiger partial charge in [0.1, 0.15) is 5.54 Å². The molecule has 0 saturated heterocycles. The Morgan fingerprint density at radius 1 is 1.11 bits per heavy atom. The lowest BCUT2D eigenvalue weighted by Gasteiger charge is -2.22. The van der Waals surface area contributed by atoms with Crippen LogP contribution in [0.3, 0.4) is 0 Å². The molecule has 0 aliphatic carbocycles. The van der Waals surface area contributed by atoms with Crippen LogP contribution in [0.1, 0.15) is 65.2 Å². The van der Waals surface area contributed by atoms with Gasteiger partial charge in [0, 0.05) is 13.2 Å². The van der Waals surface area contributed by atoms with E-state index in [0.29, 0.717) is 25.9 Å². The van der Waals surface area contributed by atoms with Crippen LogP contribution in [-0.4, -0.2) is 29.8 Å². The van der Waals surface area contributed by atoms with Gasteiger partial charge in [0.2, 0.25) is 0 Å². The summed E-state index contributed by atoms with van der Waals surface area (Å²) in [5, 5.41) is 8.99. The molecule has 0 bridgehead atoms. The second-order valence-electron chi connectivity index (χ2n) is 4.94. The van der Waals surface area contributed by atoms with Crippen molar-refractivity contribution >= 4 is 5.97 Å². The van der Waals surface area contributed by atoms with Gasteiger partial charge in [0.25, 0.3) is 0 Å². The number of nitrogens with two attached hydrogens (primary N) is 1. The molecule has 0 aromatic heterocycles. The Balaban J connectivity index is 3.42. The fourth-order valence-electron chi connectivity index (χ4n) is 1.83. The van der Waals surface area contributed by atoms with E-state index in [1.165, 1.54) is 25.7 Å². The van der Waals surface area contributed by atoms with E-state index >= 15 is 0 Å². The lowest BCUT2D eigenvalue weighted by Crippen LogP contribution is -2.47. The van der Waals surface area contributed by atoms with E-state index in [9.17, 15) is 4.79 Å². The van der Waals surface area contributed by atoms with Gasteiger partial charge in [0.05, 0.1) is 0 Å². The Hall–Kier alpha value is -0.610. The van der Waals surface area contributed by atoms with Crippen molar-refractivity contribution in [3.63, 3.8) is 0 Å². The van der Waals surface area contributed by atoms with Crippen LogP contribution in [0.25, 0.3) is 0 Å². The van der Waals surface area contributed by atoms with Crippen LogP contribution in [0, 0.1) is 0 Å². The Kier molecular flexibility index (Phi) is 9.98. The Morgan fingerprint density at radius 2 is 1.72 bits per heavy atom. The summed E-state index contributed by atoms with van der Waals surface area (Å²) >= 11 is 0. The number of carbonyl (C=O) groups is 1. The van der Waals surface area contributed by atoms with Crippen LogP contribution in [0.5, 0.6) is 0 Å². The van der Waals surface area contributed by atoms with Gasteiger partial charge in [-0.1, -0.05) is 39.5 Å².